The normalized spacial score (nSPS) is 10.5. The lowest BCUT2D eigenvalue weighted by Crippen LogP contribution is -2.04. The van der Waals surface area contributed by atoms with Crippen LogP contribution in [0.3, 0.4) is 0 Å². The molecule has 17 heavy (non-hydrogen) atoms. The molecule has 2 rings (SSSR count). The number of carbonyl (C=O) groups is 1. The number of nitrogens with zero attached hydrogens (tertiary/aromatic N) is 2. The van der Waals surface area contributed by atoms with Gasteiger partial charge in [0.2, 0.25) is 0 Å². The molecule has 0 amide bonds. The van der Waals surface area contributed by atoms with Crippen LogP contribution in [0.2, 0.25) is 0 Å². The maximum Gasteiger partial charge on any atom is 0.335 e. The van der Waals surface area contributed by atoms with Gasteiger partial charge in [-0.2, -0.15) is 0 Å². The fourth-order valence-corrected chi connectivity index (χ4v) is 1.65. The monoisotopic (exact) mass is 231 g/mol. The number of carboxylic acids is 1. The van der Waals surface area contributed by atoms with Gasteiger partial charge in [0.05, 0.1) is 29.0 Å². The molecule has 0 aliphatic heterocycles. The van der Waals surface area contributed by atoms with Crippen LogP contribution in [0, 0.1) is 13.8 Å². The number of carboxylic acid groups (broad SMARTS) is 1. The summed E-state index contributed by atoms with van der Waals surface area (Å²) >= 11 is 0. The van der Waals surface area contributed by atoms with Gasteiger partial charge in [-0.25, -0.2) is 9.78 Å². The Morgan fingerprint density at radius 2 is 2.12 bits per heavy atom. The average Bonchev–Trinajstić information content (AvgIpc) is 2.60. The summed E-state index contributed by atoms with van der Waals surface area (Å²) < 4.78 is 1.84. The summed E-state index contributed by atoms with van der Waals surface area (Å²) in [7, 11) is 0. The molecule has 5 nitrogen and oxygen atoms in total. The molecular formula is C12H13N3O2. The summed E-state index contributed by atoms with van der Waals surface area (Å²) in [5.41, 5.74) is 9.11. The Labute approximate surface area is 98.5 Å². The van der Waals surface area contributed by atoms with E-state index in [4.69, 9.17) is 10.8 Å². The molecule has 0 atom stereocenters. The van der Waals surface area contributed by atoms with E-state index in [-0.39, 0.29) is 5.56 Å². The molecule has 0 bridgehead atoms. The Hall–Kier alpha value is -2.30. The van der Waals surface area contributed by atoms with Gasteiger partial charge in [0.15, 0.2) is 0 Å². The van der Waals surface area contributed by atoms with E-state index >= 15 is 0 Å². The molecule has 88 valence electrons. The highest BCUT2D eigenvalue weighted by Gasteiger charge is 2.10. The summed E-state index contributed by atoms with van der Waals surface area (Å²) in [6, 6.07) is 4.67. The van der Waals surface area contributed by atoms with Crippen molar-refractivity contribution in [3.8, 4) is 5.69 Å². The van der Waals surface area contributed by atoms with Gasteiger partial charge >= 0.3 is 5.97 Å². The predicted molar refractivity (Wildman–Crippen MR) is 64.4 cm³/mol. The molecule has 0 aliphatic carbocycles. The van der Waals surface area contributed by atoms with E-state index in [0.717, 1.165) is 17.1 Å². The van der Waals surface area contributed by atoms with Gasteiger partial charge in [0.25, 0.3) is 0 Å². The smallest absolute Gasteiger partial charge is 0.335 e. The van der Waals surface area contributed by atoms with Crippen molar-refractivity contribution < 1.29 is 9.90 Å². The lowest BCUT2D eigenvalue weighted by Gasteiger charge is -2.09. The Bertz CT molecular complexity index is 587. The van der Waals surface area contributed by atoms with Gasteiger partial charge in [-0.05, 0) is 32.0 Å². The van der Waals surface area contributed by atoms with Crippen molar-refractivity contribution in [3.63, 3.8) is 0 Å². The Morgan fingerprint density at radius 1 is 1.41 bits per heavy atom. The van der Waals surface area contributed by atoms with Crippen LogP contribution in [0.25, 0.3) is 5.69 Å². The van der Waals surface area contributed by atoms with Crippen LogP contribution in [-0.4, -0.2) is 20.6 Å². The second-order valence-corrected chi connectivity index (χ2v) is 3.86. The molecule has 0 unspecified atom stereocenters. The number of aromatic nitrogens is 2. The highest BCUT2D eigenvalue weighted by atomic mass is 16.4. The van der Waals surface area contributed by atoms with E-state index in [1.807, 2.05) is 18.4 Å². The third-order valence-electron chi connectivity index (χ3n) is 2.79. The number of imidazole rings is 1. The standard InChI is InChI=1S/C12H13N3O2/c1-7-8(2)15(6-14-7)11-4-3-9(12(16)17)5-10(11)13/h3-6H,13H2,1-2H3,(H,16,17). The molecular weight excluding hydrogens is 218 g/mol. The molecule has 0 spiro atoms. The minimum Gasteiger partial charge on any atom is -0.478 e. The van der Waals surface area contributed by atoms with Gasteiger partial charge in [-0.3, -0.25) is 0 Å². The van der Waals surface area contributed by atoms with Crippen LogP contribution < -0.4 is 5.73 Å². The number of nitrogen functional groups attached to an aromatic ring is 1. The lowest BCUT2D eigenvalue weighted by molar-refractivity contribution is 0.0697. The predicted octanol–water partition coefficient (Wildman–Crippen LogP) is 1.77. The Kier molecular flexibility index (Phi) is 2.59. The third kappa shape index (κ3) is 1.87. The molecule has 0 saturated carbocycles. The van der Waals surface area contributed by atoms with Crippen molar-refractivity contribution in [2.75, 3.05) is 5.73 Å². The highest BCUT2D eigenvalue weighted by molar-refractivity contribution is 5.89. The first-order chi connectivity index (χ1) is 8.00. The van der Waals surface area contributed by atoms with Crippen molar-refractivity contribution in [1.29, 1.82) is 0 Å². The first-order valence-corrected chi connectivity index (χ1v) is 5.14. The number of aromatic carboxylic acids is 1. The highest BCUT2D eigenvalue weighted by Crippen LogP contribution is 2.21. The number of rotatable bonds is 2. The molecule has 1 aromatic heterocycles. The number of nitrogens with two attached hydrogens (primary N) is 1. The maximum absolute atomic E-state index is 10.8. The number of anilines is 1. The zero-order valence-corrected chi connectivity index (χ0v) is 9.64. The molecule has 5 heteroatoms. The first-order valence-electron chi connectivity index (χ1n) is 5.14. The van der Waals surface area contributed by atoms with Crippen molar-refractivity contribution in [2.45, 2.75) is 13.8 Å². The molecule has 3 N–H and O–H groups in total. The van der Waals surface area contributed by atoms with E-state index in [9.17, 15) is 4.79 Å². The Balaban J connectivity index is 2.54. The van der Waals surface area contributed by atoms with E-state index in [1.165, 1.54) is 12.1 Å². The number of hydrogen-bond donors (Lipinski definition) is 2. The zero-order valence-electron chi connectivity index (χ0n) is 9.64. The number of aryl methyl sites for hydroxylation is 1. The third-order valence-corrected chi connectivity index (χ3v) is 2.79. The summed E-state index contributed by atoms with van der Waals surface area (Å²) in [5.74, 6) is -0.984. The van der Waals surface area contributed by atoms with Crippen LogP contribution in [0.15, 0.2) is 24.5 Å². The summed E-state index contributed by atoms with van der Waals surface area (Å²) in [4.78, 5) is 15.0. The molecule has 1 aromatic carbocycles. The van der Waals surface area contributed by atoms with E-state index < -0.39 is 5.97 Å². The molecule has 2 aromatic rings. The fourth-order valence-electron chi connectivity index (χ4n) is 1.65. The van der Waals surface area contributed by atoms with Crippen molar-refractivity contribution in [2.24, 2.45) is 0 Å². The summed E-state index contributed by atoms with van der Waals surface area (Å²) in [6.45, 7) is 3.85. The van der Waals surface area contributed by atoms with E-state index in [2.05, 4.69) is 4.98 Å². The second-order valence-electron chi connectivity index (χ2n) is 3.86. The summed E-state index contributed by atoms with van der Waals surface area (Å²) in [6.07, 6.45) is 1.68. The quantitative estimate of drug-likeness (QED) is 0.772. The SMILES string of the molecule is Cc1ncn(-c2ccc(C(=O)O)cc2N)c1C. The van der Waals surface area contributed by atoms with Crippen LogP contribution in [0.4, 0.5) is 5.69 Å². The van der Waals surface area contributed by atoms with Crippen LogP contribution >= 0.6 is 0 Å². The van der Waals surface area contributed by atoms with Crippen molar-refractivity contribution >= 4 is 11.7 Å². The second kappa shape index (κ2) is 3.93. The topological polar surface area (TPSA) is 81.1 Å². The molecule has 0 radical (unpaired) electrons. The molecule has 0 fully saturated rings. The van der Waals surface area contributed by atoms with Crippen LogP contribution in [0.5, 0.6) is 0 Å². The minimum absolute atomic E-state index is 0.181. The average molecular weight is 231 g/mol. The maximum atomic E-state index is 10.8. The summed E-state index contributed by atoms with van der Waals surface area (Å²) in [5, 5.41) is 8.85. The molecule has 0 aliphatic rings. The fraction of sp³-hybridized carbons (Fsp3) is 0.167. The van der Waals surface area contributed by atoms with Crippen LogP contribution in [-0.2, 0) is 0 Å². The van der Waals surface area contributed by atoms with Crippen LogP contribution in [0.1, 0.15) is 21.7 Å². The first kappa shape index (κ1) is 11.2. The van der Waals surface area contributed by atoms with Crippen molar-refractivity contribution in [1.82, 2.24) is 9.55 Å². The van der Waals surface area contributed by atoms with Gasteiger partial charge in [0.1, 0.15) is 0 Å². The Morgan fingerprint density at radius 3 is 2.59 bits per heavy atom. The zero-order chi connectivity index (χ0) is 12.6. The molecule has 0 saturated heterocycles. The molecule has 1 heterocycles. The van der Waals surface area contributed by atoms with Gasteiger partial charge in [-0.1, -0.05) is 0 Å². The van der Waals surface area contributed by atoms with Gasteiger partial charge in [-0.15, -0.1) is 0 Å². The van der Waals surface area contributed by atoms with E-state index in [0.29, 0.717) is 5.69 Å². The minimum atomic E-state index is -0.984. The van der Waals surface area contributed by atoms with Gasteiger partial charge in [0, 0.05) is 5.69 Å². The number of hydrogen-bond acceptors (Lipinski definition) is 3. The van der Waals surface area contributed by atoms with Crippen molar-refractivity contribution in [3.05, 3.63) is 41.5 Å². The van der Waals surface area contributed by atoms with Gasteiger partial charge < -0.3 is 15.4 Å². The largest absolute Gasteiger partial charge is 0.478 e. The lowest BCUT2D eigenvalue weighted by atomic mass is 10.1. The van der Waals surface area contributed by atoms with E-state index in [1.54, 1.807) is 12.4 Å². The number of benzene rings is 1.